The monoisotopic (exact) mass is 484 g/mol. The number of carbonyl (C=O) groups excluding carboxylic acids is 4. The van der Waals surface area contributed by atoms with Crippen LogP contribution in [0.2, 0.25) is 0 Å². The summed E-state index contributed by atoms with van der Waals surface area (Å²) >= 11 is 0. The van der Waals surface area contributed by atoms with E-state index in [9.17, 15) is 19.2 Å². The molecule has 1 saturated carbocycles. The van der Waals surface area contributed by atoms with E-state index in [2.05, 4.69) is 6.08 Å². The highest BCUT2D eigenvalue weighted by Crippen LogP contribution is 2.56. The largest absolute Gasteiger partial charge is 0.442 e. The normalized spacial score (nSPS) is 29.7. The van der Waals surface area contributed by atoms with E-state index in [1.807, 2.05) is 61.5 Å². The molecule has 1 aliphatic heterocycles. The molecule has 2 fully saturated rings. The van der Waals surface area contributed by atoms with Gasteiger partial charge in [0, 0.05) is 12.3 Å². The van der Waals surface area contributed by atoms with Crippen molar-refractivity contribution in [3.8, 4) is 0 Å². The predicted octanol–water partition coefficient (Wildman–Crippen LogP) is 6.36. The third kappa shape index (κ3) is 5.29. The molecular formula is C30H44O5. The molecule has 35 heavy (non-hydrogen) atoms. The van der Waals surface area contributed by atoms with E-state index in [1.165, 1.54) is 0 Å². The zero-order valence-electron chi connectivity index (χ0n) is 23.3. The first kappa shape index (κ1) is 28.9. The lowest BCUT2D eigenvalue weighted by Crippen LogP contribution is -2.59. The fraction of sp³-hybridized carbons (Fsp3) is 0.667. The van der Waals surface area contributed by atoms with Gasteiger partial charge >= 0.3 is 5.97 Å². The summed E-state index contributed by atoms with van der Waals surface area (Å²) in [6, 6.07) is 0. The van der Waals surface area contributed by atoms with Crippen LogP contribution in [0.15, 0.2) is 34.9 Å². The van der Waals surface area contributed by atoms with Crippen molar-refractivity contribution in [3.05, 3.63) is 34.9 Å². The van der Waals surface area contributed by atoms with Crippen LogP contribution < -0.4 is 0 Å². The van der Waals surface area contributed by atoms with E-state index in [4.69, 9.17) is 4.74 Å². The number of carbonyl (C=O) groups is 4. The highest BCUT2D eigenvalue weighted by Gasteiger charge is 2.71. The van der Waals surface area contributed by atoms with Crippen LogP contribution in [0.3, 0.4) is 0 Å². The number of hydrogen-bond donors (Lipinski definition) is 0. The number of ether oxygens (including phenoxy) is 1. The van der Waals surface area contributed by atoms with Crippen molar-refractivity contribution < 1.29 is 23.9 Å². The van der Waals surface area contributed by atoms with E-state index in [0.717, 1.165) is 16.7 Å². The number of Topliss-reactive ketones (excluding diaryl/α,β-unsaturated/α-hetero) is 3. The molecule has 1 saturated heterocycles. The lowest BCUT2D eigenvalue weighted by Gasteiger charge is -2.46. The number of rotatable bonds is 8. The predicted molar refractivity (Wildman–Crippen MR) is 139 cm³/mol. The van der Waals surface area contributed by atoms with Crippen molar-refractivity contribution in [2.24, 2.45) is 28.6 Å². The average Bonchev–Trinajstić information content (AvgIpc) is 2.95. The quantitative estimate of drug-likeness (QED) is 0.227. The molecule has 0 aromatic carbocycles. The second-order valence-corrected chi connectivity index (χ2v) is 12.2. The van der Waals surface area contributed by atoms with Gasteiger partial charge in [-0.05, 0) is 72.1 Å². The van der Waals surface area contributed by atoms with E-state index >= 15 is 0 Å². The highest BCUT2D eigenvalue weighted by molar-refractivity contribution is 6.27. The molecule has 2 bridgehead atoms. The van der Waals surface area contributed by atoms with Gasteiger partial charge in [-0.15, -0.1) is 0 Å². The summed E-state index contributed by atoms with van der Waals surface area (Å²) in [4.78, 5) is 56.0. The first-order valence-electron chi connectivity index (χ1n) is 12.8. The van der Waals surface area contributed by atoms with Gasteiger partial charge in [-0.3, -0.25) is 19.2 Å². The van der Waals surface area contributed by atoms with Gasteiger partial charge in [-0.25, -0.2) is 0 Å². The Morgan fingerprint density at radius 2 is 1.43 bits per heavy atom. The van der Waals surface area contributed by atoms with Gasteiger partial charge in [0.15, 0.2) is 5.78 Å². The molecule has 2 rings (SSSR count). The fourth-order valence-corrected chi connectivity index (χ4v) is 5.42. The molecule has 1 aliphatic carbocycles. The summed E-state index contributed by atoms with van der Waals surface area (Å²) in [7, 11) is 0. The molecule has 1 heterocycles. The maximum absolute atomic E-state index is 14.4. The SMILES string of the molecule is CC(C)=CC[C@H]1C[C@@]2(CC=C(C)C)C(=O)O[C@@](CC=C(C)C)(C(=O)[C@@H](C(=O)C(C)C)C1(C)C)C2=O. The van der Waals surface area contributed by atoms with Gasteiger partial charge in [-0.2, -0.15) is 0 Å². The van der Waals surface area contributed by atoms with Crippen molar-refractivity contribution in [3.63, 3.8) is 0 Å². The van der Waals surface area contributed by atoms with Crippen molar-refractivity contribution in [2.75, 3.05) is 0 Å². The van der Waals surface area contributed by atoms with Crippen LogP contribution in [0, 0.1) is 28.6 Å². The lowest BCUT2D eigenvalue weighted by molar-refractivity contribution is -0.166. The van der Waals surface area contributed by atoms with Crippen LogP contribution in [-0.4, -0.2) is 28.9 Å². The van der Waals surface area contributed by atoms with Crippen molar-refractivity contribution in [1.82, 2.24) is 0 Å². The molecule has 4 atom stereocenters. The number of allylic oxidation sites excluding steroid dienone is 5. The van der Waals surface area contributed by atoms with Crippen molar-refractivity contribution >= 4 is 23.3 Å². The molecule has 0 amide bonds. The van der Waals surface area contributed by atoms with Gasteiger partial charge < -0.3 is 4.74 Å². The second-order valence-electron chi connectivity index (χ2n) is 12.2. The third-order valence-corrected chi connectivity index (χ3v) is 7.83. The van der Waals surface area contributed by atoms with Crippen molar-refractivity contribution in [1.29, 1.82) is 0 Å². The van der Waals surface area contributed by atoms with Crippen LogP contribution in [0.25, 0.3) is 0 Å². The van der Waals surface area contributed by atoms with Crippen LogP contribution in [0.5, 0.6) is 0 Å². The minimum absolute atomic E-state index is 0.0358. The second kappa shape index (κ2) is 10.4. The Hall–Kier alpha value is -2.30. The smallest absolute Gasteiger partial charge is 0.321 e. The first-order valence-corrected chi connectivity index (χ1v) is 12.8. The van der Waals surface area contributed by atoms with E-state index in [1.54, 1.807) is 19.9 Å². The molecule has 2 aliphatic rings. The summed E-state index contributed by atoms with van der Waals surface area (Å²) in [5, 5.41) is 0. The summed E-state index contributed by atoms with van der Waals surface area (Å²) in [6.07, 6.45) is 6.72. The summed E-state index contributed by atoms with van der Waals surface area (Å²) in [6.45, 7) is 19.0. The van der Waals surface area contributed by atoms with Gasteiger partial charge in [0.1, 0.15) is 11.2 Å². The molecule has 0 spiro atoms. The van der Waals surface area contributed by atoms with Gasteiger partial charge in [0.2, 0.25) is 11.4 Å². The Bertz CT molecular complexity index is 980. The Balaban J connectivity index is 2.89. The fourth-order valence-electron chi connectivity index (χ4n) is 5.42. The van der Waals surface area contributed by atoms with Gasteiger partial charge in [-0.1, -0.05) is 62.6 Å². The molecule has 0 unspecified atom stereocenters. The van der Waals surface area contributed by atoms with E-state index in [-0.39, 0.29) is 31.0 Å². The molecule has 0 N–H and O–H groups in total. The average molecular weight is 485 g/mol. The molecule has 5 nitrogen and oxygen atoms in total. The molecule has 0 aromatic rings. The third-order valence-electron chi connectivity index (χ3n) is 7.83. The Kier molecular flexibility index (Phi) is 8.56. The summed E-state index contributed by atoms with van der Waals surface area (Å²) < 4.78 is 5.89. The van der Waals surface area contributed by atoms with E-state index in [0.29, 0.717) is 6.42 Å². The zero-order valence-corrected chi connectivity index (χ0v) is 23.3. The standard InChI is InChI=1S/C30H44O5/c1-18(2)11-12-22-17-29(15-13-19(3)4)26(33)30(35-27(29)34,16-14-20(5)6)25(32)23(28(22,9)10)24(31)21(7)8/h11,13-14,21-23H,12,15-17H2,1-10H3/t22-,23+,29+,30-/m0/s1. The Morgan fingerprint density at radius 3 is 1.91 bits per heavy atom. The molecule has 5 heteroatoms. The highest BCUT2D eigenvalue weighted by atomic mass is 16.6. The van der Waals surface area contributed by atoms with Crippen LogP contribution >= 0.6 is 0 Å². The number of ketones is 3. The minimum Gasteiger partial charge on any atom is -0.442 e. The van der Waals surface area contributed by atoms with Crippen LogP contribution in [-0.2, 0) is 23.9 Å². The van der Waals surface area contributed by atoms with Crippen LogP contribution in [0.4, 0.5) is 0 Å². The number of hydrogen-bond acceptors (Lipinski definition) is 5. The van der Waals surface area contributed by atoms with Gasteiger partial charge in [0.25, 0.3) is 0 Å². The molecule has 0 aromatic heterocycles. The summed E-state index contributed by atoms with van der Waals surface area (Å²) in [5.74, 6) is -3.55. The molecule has 194 valence electrons. The number of esters is 1. The Labute approximate surface area is 211 Å². The first-order chi connectivity index (χ1) is 16.0. The maximum atomic E-state index is 14.4. The zero-order chi connectivity index (χ0) is 26.9. The van der Waals surface area contributed by atoms with Crippen LogP contribution in [0.1, 0.15) is 94.9 Å². The minimum atomic E-state index is -1.96. The van der Waals surface area contributed by atoms with Crippen molar-refractivity contribution in [2.45, 2.75) is 101 Å². The van der Waals surface area contributed by atoms with Gasteiger partial charge in [0.05, 0.1) is 5.92 Å². The maximum Gasteiger partial charge on any atom is 0.321 e. The topological polar surface area (TPSA) is 77.5 Å². The lowest BCUT2D eigenvalue weighted by atomic mass is 9.54. The molecular weight excluding hydrogens is 440 g/mol. The summed E-state index contributed by atoms with van der Waals surface area (Å²) in [5.41, 5.74) is -1.16. The van der Waals surface area contributed by atoms with E-state index < -0.39 is 45.8 Å². The number of fused-ring (bicyclic) bond motifs is 2. The molecule has 0 radical (unpaired) electrons. The Morgan fingerprint density at radius 1 is 0.914 bits per heavy atom.